The molecule has 2 unspecified atom stereocenters. The minimum Gasteiger partial charge on any atom is -0.466 e. The van der Waals surface area contributed by atoms with Crippen LogP contribution < -0.4 is 5.32 Å². The molecule has 1 amide bonds. The first kappa shape index (κ1) is 53.6. The second kappa shape index (κ2) is 45.3. The van der Waals surface area contributed by atoms with Gasteiger partial charge < -0.3 is 20.3 Å². The molecule has 0 saturated heterocycles. The van der Waals surface area contributed by atoms with Crippen LogP contribution >= 0.6 is 0 Å². The van der Waals surface area contributed by atoms with E-state index in [-0.39, 0.29) is 18.5 Å². The molecular weight excluding hydrogens is 683 g/mol. The highest BCUT2D eigenvalue weighted by Crippen LogP contribution is 2.16. The lowest BCUT2D eigenvalue weighted by Crippen LogP contribution is -2.45. The molecule has 6 heteroatoms. The summed E-state index contributed by atoms with van der Waals surface area (Å²) < 4.78 is 5.46. The predicted octanol–water partition coefficient (Wildman–Crippen LogP) is 14.2. The van der Waals surface area contributed by atoms with Crippen LogP contribution in [0.5, 0.6) is 0 Å². The topological polar surface area (TPSA) is 95.9 Å². The Morgan fingerprint density at radius 1 is 0.491 bits per heavy atom. The van der Waals surface area contributed by atoms with E-state index in [2.05, 4.69) is 19.2 Å². The van der Waals surface area contributed by atoms with Crippen LogP contribution in [0.25, 0.3) is 0 Å². The van der Waals surface area contributed by atoms with Gasteiger partial charge in [-0.05, 0) is 32.1 Å². The molecule has 55 heavy (non-hydrogen) atoms. The fourth-order valence-electron chi connectivity index (χ4n) is 7.51. The predicted molar refractivity (Wildman–Crippen MR) is 237 cm³/mol. The van der Waals surface area contributed by atoms with Crippen molar-refractivity contribution in [3.05, 3.63) is 12.2 Å². The number of aliphatic hydroxyl groups excluding tert-OH is 2. The maximum Gasteiger partial charge on any atom is 0.305 e. The molecule has 0 heterocycles. The number of amides is 1. The highest BCUT2D eigenvalue weighted by atomic mass is 16.5. The van der Waals surface area contributed by atoms with Crippen LogP contribution in [0.3, 0.4) is 0 Å². The van der Waals surface area contributed by atoms with Crippen molar-refractivity contribution in [1.29, 1.82) is 0 Å². The van der Waals surface area contributed by atoms with Crippen LogP contribution in [0, 0.1) is 0 Å². The third-order valence-corrected chi connectivity index (χ3v) is 11.3. The lowest BCUT2D eigenvalue weighted by Gasteiger charge is -2.20. The maximum absolute atomic E-state index is 12.4. The first-order valence-electron chi connectivity index (χ1n) is 24.5. The van der Waals surface area contributed by atoms with Gasteiger partial charge in [0.25, 0.3) is 0 Å². The van der Waals surface area contributed by atoms with Gasteiger partial charge in [0, 0.05) is 12.8 Å². The number of carbonyl (C=O) groups excluding carboxylic acids is 2. The Bertz CT molecular complexity index is 817. The summed E-state index contributed by atoms with van der Waals surface area (Å²) >= 11 is 0. The standard InChI is InChI=1S/C49H95NO5/c1-3-5-7-9-11-13-15-16-17-18-19-20-22-27-31-35-39-43-49(54)55-44-40-36-32-28-24-23-26-30-34-38-42-48(53)50-46(45-51)47(52)41-37-33-29-25-21-14-12-10-8-6-4-2/h37,41,46-47,51-52H,3-36,38-40,42-45H2,1-2H3,(H,50,53)/b41-37+. The number of unbranched alkanes of at least 4 members (excludes halogenated alkanes) is 34. The highest BCUT2D eigenvalue weighted by molar-refractivity contribution is 5.76. The van der Waals surface area contributed by atoms with E-state index in [1.807, 2.05) is 6.08 Å². The lowest BCUT2D eigenvalue weighted by atomic mass is 10.0. The molecule has 0 spiro atoms. The fraction of sp³-hybridized carbons (Fsp3) is 0.918. The number of carbonyl (C=O) groups is 2. The largest absolute Gasteiger partial charge is 0.466 e. The molecule has 0 aliphatic rings. The van der Waals surface area contributed by atoms with Crippen molar-refractivity contribution < 1.29 is 24.5 Å². The summed E-state index contributed by atoms with van der Waals surface area (Å²) in [5, 5.41) is 22.9. The van der Waals surface area contributed by atoms with E-state index >= 15 is 0 Å². The van der Waals surface area contributed by atoms with Crippen LogP contribution in [0.2, 0.25) is 0 Å². The van der Waals surface area contributed by atoms with Gasteiger partial charge in [0.15, 0.2) is 0 Å². The van der Waals surface area contributed by atoms with Crippen molar-refractivity contribution in [1.82, 2.24) is 5.32 Å². The highest BCUT2D eigenvalue weighted by Gasteiger charge is 2.18. The first-order valence-corrected chi connectivity index (χ1v) is 24.5. The van der Waals surface area contributed by atoms with Crippen molar-refractivity contribution in [3.63, 3.8) is 0 Å². The molecule has 6 nitrogen and oxygen atoms in total. The summed E-state index contributed by atoms with van der Waals surface area (Å²) in [6.45, 7) is 4.84. The summed E-state index contributed by atoms with van der Waals surface area (Å²) in [6.07, 6.45) is 50.6. The second-order valence-corrected chi connectivity index (χ2v) is 16.8. The second-order valence-electron chi connectivity index (χ2n) is 16.8. The van der Waals surface area contributed by atoms with Gasteiger partial charge in [-0.1, -0.05) is 231 Å². The van der Waals surface area contributed by atoms with Gasteiger partial charge in [0.1, 0.15) is 0 Å². The van der Waals surface area contributed by atoms with Crippen molar-refractivity contribution in [3.8, 4) is 0 Å². The Morgan fingerprint density at radius 2 is 0.836 bits per heavy atom. The van der Waals surface area contributed by atoms with Gasteiger partial charge in [-0.15, -0.1) is 0 Å². The molecule has 0 aromatic rings. The van der Waals surface area contributed by atoms with Crippen LogP contribution in [-0.4, -0.2) is 47.4 Å². The molecule has 0 aliphatic heterocycles. The Hall–Kier alpha value is -1.40. The van der Waals surface area contributed by atoms with E-state index < -0.39 is 12.1 Å². The number of allylic oxidation sites excluding steroid dienone is 1. The van der Waals surface area contributed by atoms with Crippen LogP contribution in [0.1, 0.15) is 264 Å². The van der Waals surface area contributed by atoms with Crippen LogP contribution in [0.15, 0.2) is 12.2 Å². The fourth-order valence-corrected chi connectivity index (χ4v) is 7.51. The Morgan fingerprint density at radius 3 is 1.24 bits per heavy atom. The summed E-state index contributed by atoms with van der Waals surface area (Å²) in [5.41, 5.74) is 0. The quantitative estimate of drug-likeness (QED) is 0.0325. The molecule has 0 fully saturated rings. The number of nitrogens with one attached hydrogen (secondary N) is 1. The van der Waals surface area contributed by atoms with Crippen LogP contribution in [-0.2, 0) is 14.3 Å². The van der Waals surface area contributed by atoms with Crippen molar-refractivity contribution >= 4 is 11.9 Å². The molecule has 3 N–H and O–H groups in total. The average Bonchev–Trinajstić information content (AvgIpc) is 3.18. The van der Waals surface area contributed by atoms with Crippen molar-refractivity contribution in [2.45, 2.75) is 276 Å². The lowest BCUT2D eigenvalue weighted by molar-refractivity contribution is -0.143. The van der Waals surface area contributed by atoms with Gasteiger partial charge in [0.05, 0.1) is 25.4 Å². The van der Waals surface area contributed by atoms with Crippen molar-refractivity contribution in [2.75, 3.05) is 13.2 Å². The SMILES string of the molecule is CCCCCCCCCCC/C=C/C(O)C(CO)NC(=O)CCCCCCCCCCCCOC(=O)CCCCCCCCCCCCCCCCCCC. The molecule has 0 aromatic carbocycles. The smallest absolute Gasteiger partial charge is 0.305 e. The number of hydrogen-bond acceptors (Lipinski definition) is 5. The van der Waals surface area contributed by atoms with E-state index in [4.69, 9.17) is 4.74 Å². The summed E-state index contributed by atoms with van der Waals surface area (Å²) in [4.78, 5) is 24.4. The van der Waals surface area contributed by atoms with Gasteiger partial charge in [-0.3, -0.25) is 9.59 Å². The Kier molecular flexibility index (Phi) is 44.2. The monoisotopic (exact) mass is 778 g/mol. The van der Waals surface area contributed by atoms with Gasteiger partial charge in [-0.2, -0.15) is 0 Å². The number of esters is 1. The Balaban J connectivity index is 3.46. The van der Waals surface area contributed by atoms with E-state index in [9.17, 15) is 19.8 Å². The normalized spacial score (nSPS) is 12.7. The minimum absolute atomic E-state index is 0.0174. The number of aliphatic hydroxyl groups is 2. The molecule has 0 rings (SSSR count). The summed E-state index contributed by atoms with van der Waals surface area (Å²) in [7, 11) is 0. The van der Waals surface area contributed by atoms with E-state index in [0.29, 0.717) is 19.4 Å². The molecule has 0 aliphatic carbocycles. The first-order chi connectivity index (χ1) is 27.0. The number of ether oxygens (including phenoxy) is 1. The molecule has 2 atom stereocenters. The third-order valence-electron chi connectivity index (χ3n) is 11.3. The van der Waals surface area contributed by atoms with E-state index in [1.165, 1.54) is 180 Å². The van der Waals surface area contributed by atoms with Gasteiger partial charge >= 0.3 is 5.97 Å². The summed E-state index contributed by atoms with van der Waals surface area (Å²) in [5.74, 6) is -0.109. The molecule has 0 aromatic heterocycles. The zero-order valence-corrected chi connectivity index (χ0v) is 36.9. The zero-order valence-electron chi connectivity index (χ0n) is 36.9. The number of rotatable bonds is 45. The van der Waals surface area contributed by atoms with E-state index in [1.54, 1.807) is 6.08 Å². The Labute approximate surface area is 342 Å². The summed E-state index contributed by atoms with van der Waals surface area (Å²) in [6, 6.07) is -0.641. The molecule has 326 valence electrons. The average molecular weight is 778 g/mol. The molecule has 0 saturated carbocycles. The molecule has 0 radical (unpaired) electrons. The number of hydrogen-bond donors (Lipinski definition) is 3. The molecule has 0 bridgehead atoms. The van der Waals surface area contributed by atoms with E-state index in [0.717, 1.165) is 57.8 Å². The maximum atomic E-state index is 12.4. The molecular formula is C49H95NO5. The minimum atomic E-state index is -0.856. The van der Waals surface area contributed by atoms with Crippen LogP contribution in [0.4, 0.5) is 0 Å². The van der Waals surface area contributed by atoms with Gasteiger partial charge in [-0.25, -0.2) is 0 Å². The van der Waals surface area contributed by atoms with Crippen molar-refractivity contribution in [2.24, 2.45) is 0 Å². The van der Waals surface area contributed by atoms with Gasteiger partial charge in [0.2, 0.25) is 5.91 Å². The zero-order chi connectivity index (χ0) is 40.1. The third kappa shape index (κ3) is 42.0.